The van der Waals surface area contributed by atoms with Gasteiger partial charge in [0, 0.05) is 0 Å². The summed E-state index contributed by atoms with van der Waals surface area (Å²) in [5.41, 5.74) is 7.02. The number of aromatic nitrogens is 2. The number of amides is 2. The monoisotopic (exact) mass is 286 g/mol. The van der Waals surface area contributed by atoms with E-state index in [4.69, 9.17) is 10.8 Å². The van der Waals surface area contributed by atoms with Crippen molar-refractivity contribution >= 4 is 23.6 Å². The molecule has 0 fully saturated rings. The van der Waals surface area contributed by atoms with Crippen molar-refractivity contribution in [2.24, 2.45) is 0 Å². The van der Waals surface area contributed by atoms with Crippen molar-refractivity contribution in [1.29, 1.82) is 0 Å². The van der Waals surface area contributed by atoms with Gasteiger partial charge in [0.1, 0.15) is 11.4 Å². The van der Waals surface area contributed by atoms with E-state index in [0.717, 1.165) is 0 Å². The summed E-state index contributed by atoms with van der Waals surface area (Å²) in [7, 11) is 0. The van der Waals surface area contributed by atoms with Crippen LogP contribution < -0.4 is 11.1 Å². The smallest absolute Gasteiger partial charge is 0.335 e. The molecule has 1 aliphatic heterocycles. The van der Waals surface area contributed by atoms with E-state index >= 15 is 0 Å². The molecule has 3 rings (SSSR count). The molecule has 2 amide bonds. The molecular formula is C13H10N4O4. The maximum atomic E-state index is 11.8. The molecule has 0 atom stereocenters. The first-order valence-corrected chi connectivity index (χ1v) is 6.02. The molecule has 0 aliphatic carbocycles. The van der Waals surface area contributed by atoms with Gasteiger partial charge in [0.05, 0.1) is 23.4 Å². The van der Waals surface area contributed by atoms with Crippen LogP contribution in [0, 0.1) is 0 Å². The van der Waals surface area contributed by atoms with Gasteiger partial charge in [-0.05, 0) is 24.3 Å². The zero-order valence-corrected chi connectivity index (χ0v) is 10.7. The lowest BCUT2D eigenvalue weighted by atomic mass is 10.1. The van der Waals surface area contributed by atoms with Crippen LogP contribution in [0.15, 0.2) is 24.3 Å². The van der Waals surface area contributed by atoms with Crippen molar-refractivity contribution in [3.05, 3.63) is 41.1 Å². The summed E-state index contributed by atoms with van der Waals surface area (Å²) in [6.45, 7) is 0. The van der Waals surface area contributed by atoms with Gasteiger partial charge in [0.2, 0.25) is 5.91 Å². The lowest BCUT2D eigenvalue weighted by molar-refractivity contribution is -0.119. The van der Waals surface area contributed by atoms with Crippen molar-refractivity contribution in [3.8, 4) is 5.69 Å². The average molecular weight is 286 g/mol. The topological polar surface area (TPSA) is 127 Å². The van der Waals surface area contributed by atoms with E-state index in [1.807, 2.05) is 0 Å². The number of nitrogens with two attached hydrogens (primary N) is 1. The Morgan fingerprint density at radius 3 is 2.57 bits per heavy atom. The summed E-state index contributed by atoms with van der Waals surface area (Å²) in [5, 5.41) is 15.2. The summed E-state index contributed by atoms with van der Waals surface area (Å²) in [6, 6.07) is 5.86. The first-order valence-electron chi connectivity index (χ1n) is 6.02. The standard InChI is InChI=1S/C13H10N4O4/c14-11-10-8(5-9(18)15-12(10)19)16-17(11)7-3-1-6(2-4-7)13(20)21/h1-4H,5,14H2,(H,20,21)(H,15,18,19). The second kappa shape index (κ2) is 4.44. The second-order valence-corrected chi connectivity index (χ2v) is 4.52. The number of aromatic carboxylic acids is 1. The number of rotatable bonds is 2. The zero-order chi connectivity index (χ0) is 15.1. The van der Waals surface area contributed by atoms with Gasteiger partial charge < -0.3 is 10.8 Å². The fourth-order valence-corrected chi connectivity index (χ4v) is 2.18. The van der Waals surface area contributed by atoms with E-state index in [9.17, 15) is 14.4 Å². The SMILES string of the molecule is Nc1c2c(nn1-c1ccc(C(=O)O)cc1)CC(=O)NC2=O. The number of nitrogens with zero attached hydrogens (tertiary/aromatic N) is 2. The summed E-state index contributed by atoms with van der Waals surface area (Å²) in [6.07, 6.45) is -0.0223. The highest BCUT2D eigenvalue weighted by atomic mass is 16.4. The molecule has 0 unspecified atom stereocenters. The first kappa shape index (κ1) is 12.9. The van der Waals surface area contributed by atoms with E-state index < -0.39 is 17.8 Å². The minimum Gasteiger partial charge on any atom is -0.478 e. The van der Waals surface area contributed by atoms with E-state index in [2.05, 4.69) is 10.4 Å². The number of anilines is 1. The Morgan fingerprint density at radius 2 is 1.95 bits per heavy atom. The molecular weight excluding hydrogens is 276 g/mol. The van der Waals surface area contributed by atoms with Gasteiger partial charge in [-0.2, -0.15) is 5.10 Å². The molecule has 8 heteroatoms. The van der Waals surface area contributed by atoms with Crippen molar-refractivity contribution in [3.63, 3.8) is 0 Å². The maximum absolute atomic E-state index is 11.8. The van der Waals surface area contributed by atoms with Gasteiger partial charge in [-0.15, -0.1) is 0 Å². The number of hydrogen-bond donors (Lipinski definition) is 3. The number of carboxylic acids is 1. The predicted molar refractivity (Wildman–Crippen MR) is 71.1 cm³/mol. The van der Waals surface area contributed by atoms with Crippen LogP contribution in [0.5, 0.6) is 0 Å². The molecule has 2 aromatic rings. The molecule has 1 aliphatic rings. The minimum atomic E-state index is -1.04. The summed E-state index contributed by atoms with van der Waals surface area (Å²) >= 11 is 0. The van der Waals surface area contributed by atoms with Gasteiger partial charge in [-0.3, -0.25) is 14.9 Å². The number of nitrogen functional groups attached to an aromatic ring is 1. The number of hydrogen-bond acceptors (Lipinski definition) is 5. The molecule has 1 aromatic heterocycles. The van der Waals surface area contributed by atoms with Crippen LogP contribution in [0.2, 0.25) is 0 Å². The first-order chi connectivity index (χ1) is 9.97. The number of nitrogens with one attached hydrogen (secondary N) is 1. The Kier molecular flexibility index (Phi) is 2.72. The normalized spacial score (nSPS) is 13.7. The fourth-order valence-electron chi connectivity index (χ4n) is 2.18. The minimum absolute atomic E-state index is 0.0223. The maximum Gasteiger partial charge on any atom is 0.335 e. The number of fused-ring (bicyclic) bond motifs is 1. The quantitative estimate of drug-likeness (QED) is 0.665. The molecule has 21 heavy (non-hydrogen) atoms. The highest BCUT2D eigenvalue weighted by Gasteiger charge is 2.29. The molecule has 0 spiro atoms. The molecule has 0 saturated carbocycles. The van der Waals surface area contributed by atoms with Crippen molar-refractivity contribution in [1.82, 2.24) is 15.1 Å². The Balaban J connectivity index is 2.08. The fraction of sp³-hybridized carbons (Fsp3) is 0.0769. The third kappa shape index (κ3) is 2.02. The van der Waals surface area contributed by atoms with Crippen molar-refractivity contribution in [2.45, 2.75) is 6.42 Å². The molecule has 0 radical (unpaired) electrons. The van der Waals surface area contributed by atoms with Crippen LogP contribution >= 0.6 is 0 Å². The highest BCUT2D eigenvalue weighted by molar-refractivity contribution is 6.11. The lowest BCUT2D eigenvalue weighted by Crippen LogP contribution is -2.37. The number of carbonyl (C=O) groups excluding carboxylic acids is 2. The Morgan fingerprint density at radius 1 is 1.29 bits per heavy atom. The van der Waals surface area contributed by atoms with Crippen LogP contribution in [0.3, 0.4) is 0 Å². The van der Waals surface area contributed by atoms with Crippen LogP contribution in [-0.4, -0.2) is 32.7 Å². The van der Waals surface area contributed by atoms with Crippen LogP contribution in [-0.2, 0) is 11.2 Å². The van der Waals surface area contributed by atoms with Crippen LogP contribution in [0.1, 0.15) is 26.4 Å². The summed E-state index contributed by atoms with van der Waals surface area (Å²) in [5.74, 6) is -1.94. The molecule has 0 bridgehead atoms. The molecule has 1 aromatic carbocycles. The zero-order valence-electron chi connectivity index (χ0n) is 10.7. The third-order valence-electron chi connectivity index (χ3n) is 3.16. The van der Waals surface area contributed by atoms with Gasteiger partial charge in [0.15, 0.2) is 0 Å². The van der Waals surface area contributed by atoms with E-state index in [1.54, 1.807) is 0 Å². The molecule has 4 N–H and O–H groups in total. The van der Waals surface area contributed by atoms with Crippen molar-refractivity contribution in [2.75, 3.05) is 5.73 Å². The predicted octanol–water partition coefficient (Wildman–Crippen LogP) is -0.0348. The third-order valence-corrected chi connectivity index (χ3v) is 3.16. The highest BCUT2D eigenvalue weighted by Crippen LogP contribution is 2.24. The number of carbonyl (C=O) groups is 3. The number of carboxylic acid groups (broad SMARTS) is 1. The number of benzene rings is 1. The van der Waals surface area contributed by atoms with Gasteiger partial charge in [-0.25, -0.2) is 9.48 Å². The van der Waals surface area contributed by atoms with E-state index in [-0.39, 0.29) is 23.4 Å². The van der Waals surface area contributed by atoms with Crippen molar-refractivity contribution < 1.29 is 19.5 Å². The van der Waals surface area contributed by atoms with Crippen LogP contribution in [0.25, 0.3) is 5.69 Å². The molecule has 2 heterocycles. The Hall–Kier alpha value is -3.16. The molecule has 0 saturated heterocycles. The van der Waals surface area contributed by atoms with E-state index in [1.165, 1.54) is 28.9 Å². The lowest BCUT2D eigenvalue weighted by Gasteiger charge is -2.09. The average Bonchev–Trinajstić information content (AvgIpc) is 2.76. The largest absolute Gasteiger partial charge is 0.478 e. The van der Waals surface area contributed by atoms with Gasteiger partial charge >= 0.3 is 5.97 Å². The number of imide groups is 1. The molecule has 8 nitrogen and oxygen atoms in total. The van der Waals surface area contributed by atoms with Gasteiger partial charge in [0.25, 0.3) is 5.91 Å². The Labute approximate surface area is 118 Å². The second-order valence-electron chi connectivity index (χ2n) is 4.52. The molecule has 106 valence electrons. The van der Waals surface area contributed by atoms with Gasteiger partial charge in [-0.1, -0.05) is 0 Å². The summed E-state index contributed by atoms with van der Waals surface area (Å²) in [4.78, 5) is 33.9. The van der Waals surface area contributed by atoms with Crippen LogP contribution in [0.4, 0.5) is 5.82 Å². The summed E-state index contributed by atoms with van der Waals surface area (Å²) < 4.78 is 1.31. The van der Waals surface area contributed by atoms with E-state index in [0.29, 0.717) is 11.4 Å². The Bertz CT molecular complexity index is 776.